The van der Waals surface area contributed by atoms with Gasteiger partial charge in [-0.05, 0) is 30.2 Å². The second-order valence-electron chi connectivity index (χ2n) is 7.05. The van der Waals surface area contributed by atoms with Crippen LogP contribution in [0, 0.1) is 12.7 Å². The maximum Gasteiger partial charge on any atom is 0.283 e. The van der Waals surface area contributed by atoms with Crippen molar-refractivity contribution in [2.45, 2.75) is 20.0 Å². The van der Waals surface area contributed by atoms with E-state index in [0.29, 0.717) is 17.0 Å². The van der Waals surface area contributed by atoms with Crippen molar-refractivity contribution in [3.63, 3.8) is 0 Å². The first kappa shape index (κ1) is 18.8. The van der Waals surface area contributed by atoms with E-state index in [1.54, 1.807) is 12.1 Å². The van der Waals surface area contributed by atoms with Gasteiger partial charge in [0, 0.05) is 5.56 Å². The third kappa shape index (κ3) is 3.59. The average molecular weight is 417 g/mol. The Labute approximate surface area is 174 Å². The maximum atomic E-state index is 13.4. The Bertz CT molecular complexity index is 1450. The summed E-state index contributed by atoms with van der Waals surface area (Å²) in [6, 6.07) is 13.8. The van der Waals surface area contributed by atoms with Crippen LogP contribution >= 0.6 is 0 Å². The summed E-state index contributed by atoms with van der Waals surface area (Å²) in [5.74, 6) is 0.381. The van der Waals surface area contributed by atoms with Gasteiger partial charge in [-0.25, -0.2) is 14.1 Å². The summed E-state index contributed by atoms with van der Waals surface area (Å²) in [7, 11) is 0. The number of aryl methyl sites for hydroxylation is 1. The fourth-order valence-corrected chi connectivity index (χ4v) is 3.31. The van der Waals surface area contributed by atoms with Gasteiger partial charge in [0.1, 0.15) is 18.7 Å². The van der Waals surface area contributed by atoms with Crippen molar-refractivity contribution in [3.05, 3.63) is 88.0 Å². The van der Waals surface area contributed by atoms with Crippen LogP contribution in [0.3, 0.4) is 0 Å². The fraction of sp³-hybridized carbons (Fsp3) is 0.143. The number of rotatable bonds is 5. The predicted molar refractivity (Wildman–Crippen MR) is 109 cm³/mol. The molecule has 0 spiro atoms. The molecule has 154 valence electrons. The van der Waals surface area contributed by atoms with E-state index in [9.17, 15) is 9.18 Å². The van der Waals surface area contributed by atoms with E-state index in [4.69, 9.17) is 4.52 Å². The monoisotopic (exact) mass is 417 g/mol. The SMILES string of the molecule is Cc1ccccc1-c1noc(Cn2cnc3c(nnn3Cc3cccc(F)c3)c2=O)n1. The number of hydrogen-bond donors (Lipinski definition) is 0. The van der Waals surface area contributed by atoms with E-state index in [-0.39, 0.29) is 35.9 Å². The van der Waals surface area contributed by atoms with E-state index in [1.807, 2.05) is 31.2 Å². The highest BCUT2D eigenvalue weighted by Crippen LogP contribution is 2.20. The molecule has 10 heteroatoms. The van der Waals surface area contributed by atoms with Crippen molar-refractivity contribution in [1.82, 2.24) is 34.7 Å². The van der Waals surface area contributed by atoms with Gasteiger partial charge in [-0.2, -0.15) is 4.98 Å². The molecule has 9 nitrogen and oxygen atoms in total. The van der Waals surface area contributed by atoms with Gasteiger partial charge in [-0.3, -0.25) is 9.36 Å². The van der Waals surface area contributed by atoms with Crippen molar-refractivity contribution < 1.29 is 8.91 Å². The fourth-order valence-electron chi connectivity index (χ4n) is 3.31. The standard InChI is InChI=1S/C21H16FN7O2/c1-13-5-2-3-8-16(13)19-24-17(31-26-19)11-28-12-23-20-18(21(28)30)25-27-29(20)10-14-6-4-7-15(22)9-14/h2-9,12H,10-11H2,1H3. The molecule has 0 aliphatic carbocycles. The first-order chi connectivity index (χ1) is 15.1. The van der Waals surface area contributed by atoms with Crippen molar-refractivity contribution in [1.29, 1.82) is 0 Å². The van der Waals surface area contributed by atoms with Crippen LogP contribution in [0.25, 0.3) is 22.6 Å². The number of aromatic nitrogens is 7. The molecule has 31 heavy (non-hydrogen) atoms. The second-order valence-corrected chi connectivity index (χ2v) is 7.05. The number of halogens is 1. The molecule has 0 bridgehead atoms. The van der Waals surface area contributed by atoms with Crippen LogP contribution in [-0.2, 0) is 13.1 Å². The molecule has 0 amide bonds. The molecular weight excluding hydrogens is 401 g/mol. The number of fused-ring (bicyclic) bond motifs is 1. The molecule has 5 aromatic rings. The van der Waals surface area contributed by atoms with Crippen LogP contribution in [-0.4, -0.2) is 34.7 Å². The topological polar surface area (TPSA) is 105 Å². The van der Waals surface area contributed by atoms with Gasteiger partial charge in [0.2, 0.25) is 11.7 Å². The highest BCUT2D eigenvalue weighted by Gasteiger charge is 2.16. The number of hydrogen-bond acceptors (Lipinski definition) is 7. The molecule has 0 aliphatic heterocycles. The summed E-state index contributed by atoms with van der Waals surface area (Å²) in [6.45, 7) is 2.26. The summed E-state index contributed by atoms with van der Waals surface area (Å²) in [6.07, 6.45) is 1.38. The summed E-state index contributed by atoms with van der Waals surface area (Å²) < 4.78 is 21.5. The molecule has 5 rings (SSSR count). The van der Waals surface area contributed by atoms with Gasteiger partial charge in [-0.15, -0.1) is 5.10 Å². The lowest BCUT2D eigenvalue weighted by Gasteiger charge is -2.03. The van der Waals surface area contributed by atoms with E-state index >= 15 is 0 Å². The molecule has 0 aliphatic rings. The maximum absolute atomic E-state index is 13.4. The highest BCUT2D eigenvalue weighted by atomic mass is 19.1. The van der Waals surface area contributed by atoms with Crippen molar-refractivity contribution in [2.75, 3.05) is 0 Å². The Hall–Kier alpha value is -4.21. The summed E-state index contributed by atoms with van der Waals surface area (Å²) >= 11 is 0. The third-order valence-electron chi connectivity index (χ3n) is 4.87. The lowest BCUT2D eigenvalue weighted by molar-refractivity contribution is 0.369. The van der Waals surface area contributed by atoms with Gasteiger partial charge >= 0.3 is 0 Å². The average Bonchev–Trinajstić information content (AvgIpc) is 3.38. The van der Waals surface area contributed by atoms with Gasteiger partial charge in [0.05, 0.1) is 6.54 Å². The number of benzene rings is 2. The smallest absolute Gasteiger partial charge is 0.283 e. The minimum Gasteiger partial charge on any atom is -0.337 e. The zero-order chi connectivity index (χ0) is 21.4. The quantitative estimate of drug-likeness (QED) is 0.433. The molecule has 0 fully saturated rings. The van der Waals surface area contributed by atoms with Crippen molar-refractivity contribution in [3.8, 4) is 11.4 Å². The Morgan fingerprint density at radius 3 is 2.81 bits per heavy atom. The zero-order valence-electron chi connectivity index (χ0n) is 16.4. The van der Waals surface area contributed by atoms with Gasteiger partial charge in [0.15, 0.2) is 11.2 Å². The van der Waals surface area contributed by atoms with Crippen LogP contribution in [0.4, 0.5) is 4.39 Å². The van der Waals surface area contributed by atoms with Crippen LogP contribution in [0.2, 0.25) is 0 Å². The Morgan fingerprint density at radius 1 is 1.10 bits per heavy atom. The van der Waals surface area contributed by atoms with E-state index in [1.165, 1.54) is 27.7 Å². The third-order valence-corrected chi connectivity index (χ3v) is 4.87. The summed E-state index contributed by atoms with van der Waals surface area (Å²) in [4.78, 5) is 21.5. The molecule has 0 N–H and O–H groups in total. The van der Waals surface area contributed by atoms with E-state index in [2.05, 4.69) is 25.4 Å². The normalized spacial score (nSPS) is 11.3. The lowest BCUT2D eigenvalue weighted by atomic mass is 10.1. The lowest BCUT2D eigenvalue weighted by Crippen LogP contribution is -2.21. The number of nitrogens with zero attached hydrogens (tertiary/aromatic N) is 7. The predicted octanol–water partition coefficient (Wildman–Crippen LogP) is 2.58. The molecule has 2 aromatic carbocycles. The molecule has 0 saturated carbocycles. The second kappa shape index (κ2) is 7.56. The van der Waals surface area contributed by atoms with Crippen molar-refractivity contribution >= 4 is 11.2 Å². The van der Waals surface area contributed by atoms with Crippen LogP contribution in [0.15, 0.2) is 64.2 Å². The van der Waals surface area contributed by atoms with Crippen LogP contribution in [0.5, 0.6) is 0 Å². The van der Waals surface area contributed by atoms with Gasteiger partial charge < -0.3 is 4.52 Å². The molecule has 0 saturated heterocycles. The Morgan fingerprint density at radius 2 is 1.97 bits per heavy atom. The van der Waals surface area contributed by atoms with Gasteiger partial charge in [0.25, 0.3) is 5.56 Å². The summed E-state index contributed by atoms with van der Waals surface area (Å²) in [5, 5.41) is 12.0. The first-order valence-corrected chi connectivity index (χ1v) is 9.50. The van der Waals surface area contributed by atoms with Gasteiger partial charge in [-0.1, -0.05) is 46.8 Å². The molecule has 3 heterocycles. The van der Waals surface area contributed by atoms with Crippen LogP contribution < -0.4 is 5.56 Å². The minimum atomic E-state index is -0.383. The first-order valence-electron chi connectivity index (χ1n) is 9.50. The molecule has 0 unspecified atom stereocenters. The van der Waals surface area contributed by atoms with Crippen LogP contribution in [0.1, 0.15) is 17.0 Å². The molecular formula is C21H16FN7O2. The zero-order valence-corrected chi connectivity index (χ0v) is 16.4. The molecule has 0 radical (unpaired) electrons. The Balaban J connectivity index is 1.42. The molecule has 0 atom stereocenters. The molecule has 3 aromatic heterocycles. The van der Waals surface area contributed by atoms with E-state index < -0.39 is 0 Å². The largest absolute Gasteiger partial charge is 0.337 e. The van der Waals surface area contributed by atoms with E-state index in [0.717, 1.165) is 11.1 Å². The Kier molecular flexibility index (Phi) is 4.58. The van der Waals surface area contributed by atoms with Crippen molar-refractivity contribution in [2.24, 2.45) is 0 Å². The highest BCUT2D eigenvalue weighted by molar-refractivity contribution is 5.67. The minimum absolute atomic E-state index is 0.0530. The summed E-state index contributed by atoms with van der Waals surface area (Å²) in [5.41, 5.74) is 2.61.